The fourth-order valence-corrected chi connectivity index (χ4v) is 2.25. The molecule has 180 valence electrons. The molecule has 16 heteroatoms. The Kier molecular flexibility index (Phi) is 11.9. The van der Waals surface area contributed by atoms with Crippen LogP contribution in [0.25, 0.3) is 0 Å². The summed E-state index contributed by atoms with van der Waals surface area (Å²) in [6, 6.07) is -6.53. The molecular weight excluding hydrogens is 436 g/mol. The van der Waals surface area contributed by atoms with Crippen LogP contribution in [0, 0.1) is 0 Å². The number of aliphatic carboxylic acids is 2. The molecule has 0 aliphatic heterocycles. The predicted octanol–water partition coefficient (Wildman–Crippen LogP) is -5.54. The minimum atomic E-state index is -1.82. The maximum Gasteiger partial charge on any atom is 0.326 e. The van der Waals surface area contributed by atoms with Crippen LogP contribution in [0.15, 0.2) is 0 Å². The number of aliphatic hydroxyl groups excluding tert-OH is 1. The normalized spacial score (nSPS) is 14.2. The van der Waals surface area contributed by atoms with Crippen LogP contribution in [-0.2, 0) is 33.6 Å². The van der Waals surface area contributed by atoms with Crippen LogP contribution in [0.4, 0.5) is 0 Å². The zero-order chi connectivity index (χ0) is 25.0. The second-order valence-corrected chi connectivity index (χ2v) is 6.58. The standard InChI is InChI=1S/C16H26N6O10/c17-6(5-23)13(28)20-7(1-2-10(18)24)14(29)21-8(4-12(26)27)15(30)22-9(16(31)32)3-11(19)25/h6-9,23H,1-5,17H2,(H2,18,24)(H2,19,25)(H,20,28)(H,21,29)(H,22,30)(H,26,27)(H,31,32). The highest BCUT2D eigenvalue weighted by atomic mass is 16.4. The summed E-state index contributed by atoms with van der Waals surface area (Å²) in [7, 11) is 0. The fraction of sp³-hybridized carbons (Fsp3) is 0.562. The van der Waals surface area contributed by atoms with Crippen molar-refractivity contribution >= 4 is 41.5 Å². The van der Waals surface area contributed by atoms with Gasteiger partial charge in [-0.2, -0.15) is 0 Å². The average molecular weight is 462 g/mol. The number of rotatable bonds is 15. The van der Waals surface area contributed by atoms with Crippen molar-refractivity contribution in [3.8, 4) is 0 Å². The number of nitrogens with two attached hydrogens (primary N) is 3. The van der Waals surface area contributed by atoms with E-state index in [4.69, 9.17) is 32.5 Å². The van der Waals surface area contributed by atoms with Gasteiger partial charge in [0.15, 0.2) is 0 Å². The number of primary amides is 2. The molecule has 0 aromatic carbocycles. The van der Waals surface area contributed by atoms with Crippen LogP contribution in [0.2, 0.25) is 0 Å². The van der Waals surface area contributed by atoms with Crippen molar-refractivity contribution in [1.82, 2.24) is 16.0 Å². The van der Waals surface area contributed by atoms with Crippen molar-refractivity contribution in [1.29, 1.82) is 0 Å². The van der Waals surface area contributed by atoms with Crippen LogP contribution in [-0.4, -0.2) is 87.6 Å². The largest absolute Gasteiger partial charge is 0.481 e. The molecule has 0 fully saturated rings. The Balaban J connectivity index is 5.55. The van der Waals surface area contributed by atoms with E-state index in [0.717, 1.165) is 0 Å². The molecule has 4 atom stereocenters. The van der Waals surface area contributed by atoms with Gasteiger partial charge in [0.25, 0.3) is 0 Å². The van der Waals surface area contributed by atoms with Crippen LogP contribution >= 0.6 is 0 Å². The highest BCUT2D eigenvalue weighted by Gasteiger charge is 2.32. The topological polar surface area (TPSA) is 294 Å². The van der Waals surface area contributed by atoms with Crippen molar-refractivity contribution in [2.45, 2.75) is 49.9 Å². The fourth-order valence-electron chi connectivity index (χ4n) is 2.25. The average Bonchev–Trinajstić information content (AvgIpc) is 2.67. The van der Waals surface area contributed by atoms with Crippen molar-refractivity contribution in [2.75, 3.05) is 6.61 Å². The Morgan fingerprint density at radius 2 is 1.22 bits per heavy atom. The third kappa shape index (κ3) is 10.8. The number of carboxylic acids is 2. The molecule has 0 heterocycles. The lowest BCUT2D eigenvalue weighted by molar-refractivity contribution is -0.144. The first kappa shape index (κ1) is 28.2. The van der Waals surface area contributed by atoms with Gasteiger partial charge in [-0.25, -0.2) is 4.79 Å². The Labute approximate surface area is 180 Å². The van der Waals surface area contributed by atoms with Crippen LogP contribution in [0.5, 0.6) is 0 Å². The Hall–Kier alpha value is -3.79. The number of carbonyl (C=O) groups excluding carboxylic acids is 5. The maximum atomic E-state index is 12.6. The van der Waals surface area contributed by atoms with E-state index in [0.29, 0.717) is 0 Å². The first-order valence-electron chi connectivity index (χ1n) is 9.07. The molecule has 0 saturated carbocycles. The number of hydrogen-bond donors (Lipinski definition) is 9. The molecule has 4 unspecified atom stereocenters. The molecule has 0 aliphatic rings. The lowest BCUT2D eigenvalue weighted by Crippen LogP contribution is -2.58. The minimum absolute atomic E-state index is 0.355. The second kappa shape index (κ2) is 13.5. The molecule has 16 nitrogen and oxygen atoms in total. The van der Waals surface area contributed by atoms with E-state index >= 15 is 0 Å². The summed E-state index contributed by atoms with van der Waals surface area (Å²) in [6.07, 6.45) is -2.54. The Bertz CT molecular complexity index is 758. The highest BCUT2D eigenvalue weighted by molar-refractivity contribution is 5.96. The van der Waals surface area contributed by atoms with E-state index in [9.17, 15) is 33.6 Å². The minimum Gasteiger partial charge on any atom is -0.481 e. The van der Waals surface area contributed by atoms with Crippen LogP contribution in [0.1, 0.15) is 25.7 Å². The zero-order valence-electron chi connectivity index (χ0n) is 16.8. The number of aliphatic hydroxyl groups is 1. The molecule has 12 N–H and O–H groups in total. The Morgan fingerprint density at radius 1 is 0.719 bits per heavy atom. The van der Waals surface area contributed by atoms with Gasteiger partial charge in [0.05, 0.1) is 19.4 Å². The smallest absolute Gasteiger partial charge is 0.326 e. The molecule has 5 amide bonds. The van der Waals surface area contributed by atoms with E-state index in [1.54, 1.807) is 0 Å². The quantitative estimate of drug-likeness (QED) is 0.110. The van der Waals surface area contributed by atoms with Crippen molar-refractivity contribution < 1.29 is 48.9 Å². The molecule has 0 bridgehead atoms. The van der Waals surface area contributed by atoms with Gasteiger partial charge in [0, 0.05) is 6.42 Å². The van der Waals surface area contributed by atoms with E-state index in [2.05, 4.69) is 5.32 Å². The molecule has 32 heavy (non-hydrogen) atoms. The summed E-state index contributed by atoms with van der Waals surface area (Å²) in [5.41, 5.74) is 15.3. The first-order valence-corrected chi connectivity index (χ1v) is 9.07. The molecule has 0 saturated heterocycles. The summed E-state index contributed by atoms with van der Waals surface area (Å²) in [5.74, 6) is -8.45. The summed E-state index contributed by atoms with van der Waals surface area (Å²) >= 11 is 0. The summed E-state index contributed by atoms with van der Waals surface area (Å²) < 4.78 is 0. The van der Waals surface area contributed by atoms with Gasteiger partial charge in [-0.3, -0.25) is 28.8 Å². The Morgan fingerprint density at radius 3 is 1.66 bits per heavy atom. The van der Waals surface area contributed by atoms with Crippen molar-refractivity contribution in [2.24, 2.45) is 17.2 Å². The number of amides is 5. The molecular formula is C16H26N6O10. The zero-order valence-corrected chi connectivity index (χ0v) is 16.8. The van der Waals surface area contributed by atoms with Gasteiger partial charge in [0.1, 0.15) is 24.2 Å². The van der Waals surface area contributed by atoms with Gasteiger partial charge >= 0.3 is 11.9 Å². The summed E-state index contributed by atoms with van der Waals surface area (Å²) in [5, 5.41) is 33.0. The predicted molar refractivity (Wildman–Crippen MR) is 103 cm³/mol. The van der Waals surface area contributed by atoms with E-state index in [1.165, 1.54) is 0 Å². The number of carboxylic acid groups (broad SMARTS) is 2. The van der Waals surface area contributed by atoms with Gasteiger partial charge in [-0.1, -0.05) is 0 Å². The second-order valence-electron chi connectivity index (χ2n) is 6.58. The number of hydrogen-bond acceptors (Lipinski definition) is 9. The summed E-state index contributed by atoms with van der Waals surface area (Å²) in [4.78, 5) is 81.0. The molecule has 0 radical (unpaired) electrons. The lowest BCUT2D eigenvalue weighted by atomic mass is 10.1. The van der Waals surface area contributed by atoms with E-state index in [1.807, 2.05) is 10.6 Å². The molecule has 0 spiro atoms. The molecule has 0 aliphatic carbocycles. The van der Waals surface area contributed by atoms with Crippen molar-refractivity contribution in [3.63, 3.8) is 0 Å². The lowest BCUT2D eigenvalue weighted by Gasteiger charge is -2.24. The third-order valence-corrected chi connectivity index (χ3v) is 3.88. The summed E-state index contributed by atoms with van der Waals surface area (Å²) in [6.45, 7) is -0.767. The monoisotopic (exact) mass is 462 g/mol. The van der Waals surface area contributed by atoms with Crippen molar-refractivity contribution in [3.05, 3.63) is 0 Å². The van der Waals surface area contributed by atoms with Gasteiger partial charge in [-0.15, -0.1) is 0 Å². The number of nitrogens with one attached hydrogen (secondary N) is 3. The molecule has 0 aromatic rings. The van der Waals surface area contributed by atoms with Crippen LogP contribution < -0.4 is 33.2 Å². The van der Waals surface area contributed by atoms with Gasteiger partial charge < -0.3 is 48.5 Å². The van der Waals surface area contributed by atoms with Gasteiger partial charge in [-0.05, 0) is 6.42 Å². The highest BCUT2D eigenvalue weighted by Crippen LogP contribution is 2.03. The maximum absolute atomic E-state index is 12.6. The first-order chi connectivity index (χ1) is 14.8. The van der Waals surface area contributed by atoms with Gasteiger partial charge in [0.2, 0.25) is 29.5 Å². The molecule has 0 aromatic heterocycles. The third-order valence-electron chi connectivity index (χ3n) is 3.88. The van der Waals surface area contributed by atoms with E-state index in [-0.39, 0.29) is 12.8 Å². The number of carbonyl (C=O) groups is 7. The SMILES string of the molecule is NC(=O)CCC(NC(=O)C(N)CO)C(=O)NC(CC(=O)O)C(=O)NC(CC(N)=O)C(=O)O. The van der Waals surface area contributed by atoms with E-state index < -0.39 is 85.1 Å². The van der Waals surface area contributed by atoms with Crippen LogP contribution in [0.3, 0.4) is 0 Å². The molecule has 0 rings (SSSR count).